The molecule has 2 aliphatic carbocycles. The lowest BCUT2D eigenvalue weighted by Crippen LogP contribution is -2.37. The van der Waals surface area contributed by atoms with Crippen LogP contribution in [0.4, 0.5) is 5.69 Å². The number of sulfonamides is 1. The number of nitrogens with zero attached hydrogens (tertiary/aromatic N) is 1. The number of ether oxygens (including phenoxy) is 1. The molecule has 1 heterocycles. The molecule has 0 saturated heterocycles. The topological polar surface area (TPSA) is 105 Å². The van der Waals surface area contributed by atoms with E-state index in [2.05, 4.69) is 10.0 Å². The molecule has 1 aromatic carbocycles. The first-order valence-corrected chi connectivity index (χ1v) is 13.5. The summed E-state index contributed by atoms with van der Waals surface area (Å²) in [6, 6.07) is 5.16. The highest BCUT2D eigenvalue weighted by atomic mass is 32.2. The van der Waals surface area contributed by atoms with Gasteiger partial charge in [-0.25, -0.2) is 13.1 Å². The second kappa shape index (κ2) is 10.1. The average molecular weight is 478 g/mol. The number of anilines is 1. The standard InChI is InChI=1S/C24H35N3O5S/c1-16-13-20-14-21(9-10-22(20)27(16)24(29)19-7-8-19)33(30,31)26-15-17-3-5-18(6-4-17)23(28)25-11-12-32-2/h9-10,14,16-19,26H,3-8,11-13,15H2,1-2H3,(H,25,28)/t16-,17?,18?/m0/s1. The highest BCUT2D eigenvalue weighted by Gasteiger charge is 2.39. The van der Waals surface area contributed by atoms with Crippen LogP contribution in [0.2, 0.25) is 0 Å². The van der Waals surface area contributed by atoms with Crippen LogP contribution >= 0.6 is 0 Å². The predicted octanol–water partition coefficient (Wildman–Crippen LogP) is 2.22. The van der Waals surface area contributed by atoms with E-state index in [0.717, 1.165) is 49.8 Å². The largest absolute Gasteiger partial charge is 0.383 e. The van der Waals surface area contributed by atoms with Crippen LogP contribution in [-0.4, -0.2) is 53.1 Å². The Labute approximate surface area is 196 Å². The van der Waals surface area contributed by atoms with Crippen molar-refractivity contribution in [2.24, 2.45) is 17.8 Å². The fourth-order valence-corrected chi connectivity index (χ4v) is 6.16. The van der Waals surface area contributed by atoms with Gasteiger partial charge in [0.05, 0.1) is 11.5 Å². The van der Waals surface area contributed by atoms with Gasteiger partial charge in [-0.05, 0) is 81.5 Å². The first-order chi connectivity index (χ1) is 15.8. The van der Waals surface area contributed by atoms with Gasteiger partial charge in [-0.3, -0.25) is 9.59 Å². The van der Waals surface area contributed by atoms with Crippen LogP contribution in [0.1, 0.15) is 51.0 Å². The highest BCUT2D eigenvalue weighted by Crippen LogP contribution is 2.39. The van der Waals surface area contributed by atoms with Crippen molar-refractivity contribution in [3.8, 4) is 0 Å². The normalized spacial score (nSPS) is 25.0. The fourth-order valence-electron chi connectivity index (χ4n) is 5.00. The van der Waals surface area contributed by atoms with Gasteiger partial charge in [-0.2, -0.15) is 0 Å². The van der Waals surface area contributed by atoms with Gasteiger partial charge in [0.1, 0.15) is 0 Å². The zero-order chi connectivity index (χ0) is 23.6. The van der Waals surface area contributed by atoms with Gasteiger partial charge < -0.3 is 15.0 Å². The molecule has 0 bridgehead atoms. The number of benzene rings is 1. The van der Waals surface area contributed by atoms with Gasteiger partial charge >= 0.3 is 0 Å². The maximum Gasteiger partial charge on any atom is 0.240 e. The van der Waals surface area contributed by atoms with E-state index in [1.165, 1.54) is 0 Å². The summed E-state index contributed by atoms with van der Waals surface area (Å²) < 4.78 is 33.6. The molecule has 182 valence electrons. The van der Waals surface area contributed by atoms with Gasteiger partial charge in [0.2, 0.25) is 21.8 Å². The smallest absolute Gasteiger partial charge is 0.240 e. The summed E-state index contributed by atoms with van der Waals surface area (Å²) in [5.74, 6) is 0.583. The number of amides is 2. The number of rotatable bonds is 9. The van der Waals surface area contributed by atoms with Gasteiger partial charge in [0, 0.05) is 43.8 Å². The van der Waals surface area contributed by atoms with Gasteiger partial charge in [-0.15, -0.1) is 0 Å². The Morgan fingerprint density at radius 2 is 1.79 bits per heavy atom. The summed E-state index contributed by atoms with van der Waals surface area (Å²) >= 11 is 0. The van der Waals surface area contributed by atoms with Crippen molar-refractivity contribution < 1.29 is 22.7 Å². The third-order valence-electron chi connectivity index (χ3n) is 7.13. The molecule has 2 fully saturated rings. The number of hydrogen-bond acceptors (Lipinski definition) is 5. The van der Waals surface area contributed by atoms with Crippen molar-refractivity contribution in [3.05, 3.63) is 23.8 Å². The zero-order valence-electron chi connectivity index (χ0n) is 19.5. The van der Waals surface area contributed by atoms with Crippen molar-refractivity contribution >= 4 is 27.5 Å². The Morgan fingerprint density at radius 3 is 2.45 bits per heavy atom. The summed E-state index contributed by atoms with van der Waals surface area (Å²) in [7, 11) is -2.03. The quantitative estimate of drug-likeness (QED) is 0.531. The average Bonchev–Trinajstić information content (AvgIpc) is 3.59. The molecule has 2 saturated carbocycles. The first-order valence-electron chi connectivity index (χ1n) is 12.0. The summed E-state index contributed by atoms with van der Waals surface area (Å²) in [6.07, 6.45) is 5.77. The van der Waals surface area contributed by atoms with Gasteiger partial charge in [0.25, 0.3) is 0 Å². The van der Waals surface area contributed by atoms with Crippen molar-refractivity contribution in [2.45, 2.75) is 62.8 Å². The second-order valence-electron chi connectivity index (χ2n) is 9.68. The van der Waals surface area contributed by atoms with E-state index >= 15 is 0 Å². The molecule has 0 aromatic heterocycles. The molecular formula is C24H35N3O5S. The van der Waals surface area contributed by atoms with Crippen LogP contribution in [0, 0.1) is 17.8 Å². The first kappa shape index (κ1) is 24.2. The Kier molecular flexibility index (Phi) is 7.40. The summed E-state index contributed by atoms with van der Waals surface area (Å²) in [6.45, 7) is 3.40. The lowest BCUT2D eigenvalue weighted by Gasteiger charge is -2.28. The number of fused-ring (bicyclic) bond motifs is 1. The third kappa shape index (κ3) is 5.58. The Bertz CT molecular complexity index is 984. The van der Waals surface area contributed by atoms with Crippen LogP contribution in [-0.2, 0) is 30.8 Å². The maximum atomic E-state index is 12.9. The molecule has 0 spiro atoms. The summed E-state index contributed by atoms with van der Waals surface area (Å²) in [5, 5.41) is 2.89. The number of hydrogen-bond donors (Lipinski definition) is 2. The Hall–Kier alpha value is -1.97. The van der Waals surface area contributed by atoms with E-state index in [4.69, 9.17) is 4.74 Å². The molecule has 0 unspecified atom stereocenters. The second-order valence-corrected chi connectivity index (χ2v) is 11.4. The minimum absolute atomic E-state index is 0.00490. The molecule has 9 heteroatoms. The van der Waals surface area contributed by atoms with E-state index in [9.17, 15) is 18.0 Å². The molecular weight excluding hydrogens is 442 g/mol. The molecule has 2 N–H and O–H groups in total. The Morgan fingerprint density at radius 1 is 1.09 bits per heavy atom. The van der Waals surface area contributed by atoms with Crippen LogP contribution in [0.3, 0.4) is 0 Å². The van der Waals surface area contributed by atoms with Crippen LogP contribution < -0.4 is 14.9 Å². The third-order valence-corrected chi connectivity index (χ3v) is 8.55. The van der Waals surface area contributed by atoms with E-state index in [0.29, 0.717) is 26.1 Å². The molecule has 33 heavy (non-hydrogen) atoms. The van der Waals surface area contributed by atoms with Gasteiger partial charge in [-0.1, -0.05) is 0 Å². The molecule has 1 atom stereocenters. The monoisotopic (exact) mass is 477 g/mol. The number of methoxy groups -OCH3 is 1. The summed E-state index contributed by atoms with van der Waals surface area (Å²) in [4.78, 5) is 26.9. The van der Waals surface area contributed by atoms with Crippen LogP contribution in [0.15, 0.2) is 23.1 Å². The Balaban J connectivity index is 1.31. The van der Waals surface area contributed by atoms with E-state index in [1.807, 2.05) is 11.8 Å². The lowest BCUT2D eigenvalue weighted by atomic mass is 9.81. The fraction of sp³-hybridized carbons (Fsp3) is 0.667. The molecule has 2 amide bonds. The van der Waals surface area contributed by atoms with Gasteiger partial charge in [0.15, 0.2) is 0 Å². The van der Waals surface area contributed by atoms with Crippen molar-refractivity contribution in [1.29, 1.82) is 0 Å². The van der Waals surface area contributed by atoms with Crippen molar-refractivity contribution in [3.63, 3.8) is 0 Å². The molecule has 1 aliphatic heterocycles. The lowest BCUT2D eigenvalue weighted by molar-refractivity contribution is -0.126. The maximum absolute atomic E-state index is 12.9. The highest BCUT2D eigenvalue weighted by molar-refractivity contribution is 7.89. The molecule has 3 aliphatic rings. The number of carbonyl (C=O) groups is 2. The molecule has 8 nitrogen and oxygen atoms in total. The minimum atomic E-state index is -3.63. The van der Waals surface area contributed by atoms with E-state index in [-0.39, 0.29) is 40.5 Å². The van der Waals surface area contributed by atoms with Crippen LogP contribution in [0.5, 0.6) is 0 Å². The van der Waals surface area contributed by atoms with E-state index in [1.54, 1.807) is 25.3 Å². The van der Waals surface area contributed by atoms with Crippen LogP contribution in [0.25, 0.3) is 0 Å². The number of carbonyl (C=O) groups excluding carboxylic acids is 2. The minimum Gasteiger partial charge on any atom is -0.383 e. The van der Waals surface area contributed by atoms with Crippen molar-refractivity contribution in [1.82, 2.24) is 10.0 Å². The SMILES string of the molecule is COCCNC(=O)C1CCC(CNS(=O)(=O)c2ccc3c(c2)C[C@H](C)N3C(=O)C2CC2)CC1. The molecule has 1 aromatic rings. The summed E-state index contributed by atoms with van der Waals surface area (Å²) in [5.41, 5.74) is 1.76. The van der Waals surface area contributed by atoms with Crippen molar-refractivity contribution in [2.75, 3.05) is 31.7 Å². The predicted molar refractivity (Wildman–Crippen MR) is 125 cm³/mol. The molecule has 4 rings (SSSR count). The van der Waals surface area contributed by atoms with E-state index < -0.39 is 10.0 Å². The number of nitrogens with one attached hydrogen (secondary N) is 2. The molecule has 0 radical (unpaired) electrons. The zero-order valence-corrected chi connectivity index (χ0v) is 20.3.